The predicted molar refractivity (Wildman–Crippen MR) is 71.6 cm³/mol. The van der Waals surface area contributed by atoms with Gasteiger partial charge in [0.15, 0.2) is 0 Å². The fourth-order valence-corrected chi connectivity index (χ4v) is 3.07. The van der Waals surface area contributed by atoms with Crippen LogP contribution in [0.15, 0.2) is 0 Å². The van der Waals surface area contributed by atoms with E-state index in [1.54, 1.807) is 0 Å². The van der Waals surface area contributed by atoms with Crippen molar-refractivity contribution in [2.24, 2.45) is 0 Å². The summed E-state index contributed by atoms with van der Waals surface area (Å²) in [5.41, 5.74) is 0. The molecule has 2 heterocycles. The zero-order valence-corrected chi connectivity index (χ0v) is 11.6. The molecule has 3 fully saturated rings. The van der Waals surface area contributed by atoms with E-state index in [1.165, 1.54) is 25.7 Å². The topological polar surface area (TPSA) is 38.7 Å². The van der Waals surface area contributed by atoms with Crippen LogP contribution in [0.1, 0.15) is 64.7 Å². The van der Waals surface area contributed by atoms with Gasteiger partial charge >= 0.3 is 0 Å². The van der Waals surface area contributed by atoms with Gasteiger partial charge in [-0.05, 0) is 32.1 Å². The van der Waals surface area contributed by atoms with Crippen molar-refractivity contribution in [2.75, 3.05) is 6.61 Å². The zero-order chi connectivity index (χ0) is 12.8. The second-order valence-electron chi connectivity index (χ2n) is 5.77. The van der Waals surface area contributed by atoms with Crippen LogP contribution in [0, 0.1) is 0 Å². The summed E-state index contributed by atoms with van der Waals surface area (Å²) in [7, 11) is 0. The van der Waals surface area contributed by atoms with Crippen molar-refractivity contribution in [1.82, 2.24) is 0 Å². The number of ether oxygens (including phenoxy) is 2. The Bertz CT molecular complexity index is 218. The number of aliphatic hydroxyl groups excluding tert-OH is 1. The fraction of sp³-hybridized carbons (Fsp3) is 1.00. The van der Waals surface area contributed by atoms with Crippen LogP contribution >= 0.6 is 0 Å². The highest BCUT2D eigenvalue weighted by atomic mass is 16.6. The fourth-order valence-electron chi connectivity index (χ4n) is 3.07. The van der Waals surface area contributed by atoms with Crippen molar-refractivity contribution in [1.29, 1.82) is 0 Å². The van der Waals surface area contributed by atoms with Crippen LogP contribution in [0.25, 0.3) is 0 Å². The highest BCUT2D eigenvalue weighted by Crippen LogP contribution is 2.39. The Balaban J connectivity index is 1.36. The van der Waals surface area contributed by atoms with Crippen LogP contribution in [0.2, 0.25) is 0 Å². The minimum absolute atomic E-state index is 0.0750. The highest BCUT2D eigenvalue weighted by molar-refractivity contribution is 4.97. The molecule has 0 radical (unpaired) electrons. The lowest BCUT2D eigenvalue weighted by atomic mass is 10.1. The number of unbranched alkanes of at least 4 members (excludes halogenated alkanes) is 3. The molecule has 2 saturated heterocycles. The van der Waals surface area contributed by atoms with Gasteiger partial charge in [-0.15, -0.1) is 0 Å². The first-order valence-corrected chi connectivity index (χ1v) is 7.76. The van der Waals surface area contributed by atoms with Crippen LogP contribution in [0.3, 0.4) is 0 Å². The minimum Gasteiger partial charge on any atom is -0.393 e. The molecule has 3 atom stereocenters. The molecule has 18 heavy (non-hydrogen) atoms. The van der Waals surface area contributed by atoms with Gasteiger partial charge in [0.2, 0.25) is 0 Å². The summed E-state index contributed by atoms with van der Waals surface area (Å²) in [6.07, 6.45) is 11.3. The predicted octanol–water partition coefficient (Wildman–Crippen LogP) is 3.04. The molecule has 3 heteroatoms. The summed E-state index contributed by atoms with van der Waals surface area (Å²) in [6, 6.07) is 0. The molecule has 3 rings (SSSR count). The van der Waals surface area contributed by atoms with E-state index in [0.29, 0.717) is 18.3 Å². The van der Waals surface area contributed by atoms with Crippen LogP contribution in [-0.4, -0.2) is 36.1 Å². The van der Waals surface area contributed by atoms with E-state index in [2.05, 4.69) is 6.92 Å². The molecule has 1 N–H and O–H groups in total. The maximum Gasteiger partial charge on any atom is 0.110 e. The van der Waals surface area contributed by atoms with Gasteiger partial charge in [-0.2, -0.15) is 0 Å². The number of fused-ring (bicyclic) bond motifs is 1. The maximum absolute atomic E-state index is 9.59. The van der Waals surface area contributed by atoms with Crippen molar-refractivity contribution in [3.63, 3.8) is 0 Å². The van der Waals surface area contributed by atoms with Crippen LogP contribution < -0.4 is 0 Å². The second-order valence-corrected chi connectivity index (χ2v) is 5.77. The van der Waals surface area contributed by atoms with E-state index in [1.807, 2.05) is 0 Å². The molecule has 106 valence electrons. The lowest BCUT2D eigenvalue weighted by molar-refractivity contribution is -0.200. The number of hydrogen-bond donors (Lipinski definition) is 1. The molecule has 0 aromatic carbocycles. The van der Waals surface area contributed by atoms with Crippen molar-refractivity contribution >= 4 is 0 Å². The smallest absolute Gasteiger partial charge is 0.110 e. The first-order chi connectivity index (χ1) is 8.81. The van der Waals surface area contributed by atoms with E-state index >= 15 is 0 Å². The van der Waals surface area contributed by atoms with Gasteiger partial charge in [0.05, 0.1) is 18.3 Å². The van der Waals surface area contributed by atoms with E-state index in [4.69, 9.17) is 9.47 Å². The lowest BCUT2D eigenvalue weighted by Crippen LogP contribution is -2.47. The Morgan fingerprint density at radius 2 is 1.83 bits per heavy atom. The Morgan fingerprint density at radius 3 is 2.50 bits per heavy atom. The number of rotatable bonds is 10. The summed E-state index contributed by atoms with van der Waals surface area (Å²) >= 11 is 0. The second kappa shape index (κ2) is 7.46. The Labute approximate surface area is 111 Å². The molecule has 3 nitrogen and oxygen atoms in total. The molecule has 0 amide bonds. The molecule has 3 unspecified atom stereocenters. The van der Waals surface area contributed by atoms with Crippen molar-refractivity contribution in [3.05, 3.63) is 0 Å². The van der Waals surface area contributed by atoms with Gasteiger partial charge in [0.1, 0.15) is 6.10 Å². The third-order valence-corrected chi connectivity index (χ3v) is 4.18. The Hall–Kier alpha value is -0.120. The first-order valence-electron chi connectivity index (χ1n) is 7.76. The molecule has 0 spiro atoms. The maximum atomic E-state index is 9.59. The molecule has 0 aromatic rings. The van der Waals surface area contributed by atoms with Crippen LogP contribution in [0.4, 0.5) is 0 Å². The molecular weight excluding hydrogens is 228 g/mol. The minimum atomic E-state index is -0.0750. The van der Waals surface area contributed by atoms with Crippen LogP contribution in [-0.2, 0) is 9.47 Å². The highest BCUT2D eigenvalue weighted by Gasteiger charge is 2.49. The molecule has 2 bridgehead atoms. The quantitative estimate of drug-likeness (QED) is 0.611. The van der Waals surface area contributed by atoms with Gasteiger partial charge in [-0.3, -0.25) is 0 Å². The summed E-state index contributed by atoms with van der Waals surface area (Å²) in [5, 5.41) is 9.59. The Morgan fingerprint density at radius 1 is 1.11 bits per heavy atom. The Kier molecular flexibility index (Phi) is 5.93. The standard InChI is InChI=1S/C15H28O3/c1-2-7-12(16)8-5-3-4-6-11-17-15-13-9-10-14(15)18-13/h12-16H,2-11H2,1H3. The number of hydrogen-bond acceptors (Lipinski definition) is 3. The largest absolute Gasteiger partial charge is 0.393 e. The average Bonchev–Trinajstić information content (AvgIpc) is 2.95. The molecule has 3 aliphatic rings. The van der Waals surface area contributed by atoms with Crippen molar-refractivity contribution in [2.45, 2.75) is 89.1 Å². The van der Waals surface area contributed by atoms with Crippen molar-refractivity contribution in [3.8, 4) is 0 Å². The zero-order valence-electron chi connectivity index (χ0n) is 11.6. The number of aliphatic hydroxyl groups is 1. The van der Waals surface area contributed by atoms with E-state index in [9.17, 15) is 5.11 Å². The van der Waals surface area contributed by atoms with Gasteiger partial charge in [-0.25, -0.2) is 0 Å². The summed E-state index contributed by atoms with van der Waals surface area (Å²) < 4.78 is 11.4. The molecular formula is C15H28O3. The van der Waals surface area contributed by atoms with Gasteiger partial charge in [0.25, 0.3) is 0 Å². The normalized spacial score (nSPS) is 31.3. The monoisotopic (exact) mass is 256 g/mol. The van der Waals surface area contributed by atoms with E-state index in [0.717, 1.165) is 38.7 Å². The molecule has 1 aliphatic carbocycles. The van der Waals surface area contributed by atoms with Crippen LogP contribution in [0.5, 0.6) is 0 Å². The van der Waals surface area contributed by atoms with E-state index in [-0.39, 0.29) is 6.10 Å². The molecule has 2 aliphatic heterocycles. The first kappa shape index (κ1) is 14.3. The van der Waals surface area contributed by atoms with Gasteiger partial charge in [-0.1, -0.05) is 32.6 Å². The summed E-state index contributed by atoms with van der Waals surface area (Å²) in [6.45, 7) is 3.01. The average molecular weight is 256 g/mol. The molecule has 0 aromatic heterocycles. The van der Waals surface area contributed by atoms with E-state index < -0.39 is 0 Å². The van der Waals surface area contributed by atoms with Gasteiger partial charge in [0, 0.05) is 6.61 Å². The van der Waals surface area contributed by atoms with Crippen molar-refractivity contribution < 1.29 is 14.6 Å². The SMILES string of the molecule is CCCC(O)CCCCCCOC1C2CCC1O2. The third-order valence-electron chi connectivity index (χ3n) is 4.18. The lowest BCUT2D eigenvalue weighted by Gasteiger charge is -2.35. The third kappa shape index (κ3) is 3.94. The summed E-state index contributed by atoms with van der Waals surface area (Å²) in [4.78, 5) is 0. The summed E-state index contributed by atoms with van der Waals surface area (Å²) in [5.74, 6) is 0. The van der Waals surface area contributed by atoms with Gasteiger partial charge < -0.3 is 14.6 Å². The molecule has 1 saturated carbocycles.